The average molecular weight is 157 g/mol. The highest BCUT2D eigenvalue weighted by Crippen LogP contribution is 2.08. The van der Waals surface area contributed by atoms with Crippen molar-refractivity contribution in [1.82, 2.24) is 5.32 Å². The normalized spacial score (nSPS) is 13.9. The van der Waals surface area contributed by atoms with Crippen molar-refractivity contribution >= 4 is 0 Å². The second-order valence-electron chi connectivity index (χ2n) is 3.79. The number of hydrogen-bond donors (Lipinski definition) is 1. The fourth-order valence-electron chi connectivity index (χ4n) is 1.26. The van der Waals surface area contributed by atoms with Gasteiger partial charge in [0.2, 0.25) is 0 Å². The lowest BCUT2D eigenvalue weighted by atomic mass is 10.0. The van der Waals surface area contributed by atoms with Crippen molar-refractivity contribution in [2.45, 2.75) is 53.0 Å². The lowest BCUT2D eigenvalue weighted by Gasteiger charge is -2.12. The van der Waals surface area contributed by atoms with E-state index in [1.54, 1.807) is 0 Å². The van der Waals surface area contributed by atoms with Gasteiger partial charge in [0.15, 0.2) is 0 Å². The summed E-state index contributed by atoms with van der Waals surface area (Å²) in [4.78, 5) is 0. The molecule has 11 heavy (non-hydrogen) atoms. The zero-order valence-electron chi connectivity index (χ0n) is 8.48. The highest BCUT2D eigenvalue weighted by atomic mass is 14.9. The highest BCUT2D eigenvalue weighted by Gasteiger charge is 1.99. The van der Waals surface area contributed by atoms with E-state index in [0.717, 1.165) is 5.92 Å². The molecule has 0 aliphatic rings. The van der Waals surface area contributed by atoms with Gasteiger partial charge in [-0.2, -0.15) is 0 Å². The predicted molar refractivity (Wildman–Crippen MR) is 51.8 cm³/mol. The molecule has 1 N–H and O–H groups in total. The Kier molecular flexibility index (Phi) is 6.63. The van der Waals surface area contributed by atoms with E-state index < -0.39 is 0 Å². The summed E-state index contributed by atoms with van der Waals surface area (Å²) in [5.41, 5.74) is 0. The minimum Gasteiger partial charge on any atom is -0.315 e. The van der Waals surface area contributed by atoms with Crippen LogP contribution in [0.3, 0.4) is 0 Å². The molecule has 1 heteroatoms. The molecule has 0 amide bonds. The Morgan fingerprint density at radius 1 is 1.09 bits per heavy atom. The average Bonchev–Trinajstić information content (AvgIpc) is 1.87. The third kappa shape index (κ3) is 7.86. The van der Waals surface area contributed by atoms with Crippen LogP contribution in [0.5, 0.6) is 0 Å². The van der Waals surface area contributed by atoms with E-state index in [-0.39, 0.29) is 0 Å². The van der Waals surface area contributed by atoms with Crippen molar-refractivity contribution in [2.75, 3.05) is 6.54 Å². The molecule has 0 aromatic heterocycles. The number of nitrogens with one attached hydrogen (secondary N) is 1. The van der Waals surface area contributed by atoms with Gasteiger partial charge < -0.3 is 5.32 Å². The lowest BCUT2D eigenvalue weighted by molar-refractivity contribution is 0.450. The summed E-state index contributed by atoms with van der Waals surface area (Å²) in [7, 11) is 0. The van der Waals surface area contributed by atoms with E-state index in [9.17, 15) is 0 Å². The zero-order chi connectivity index (χ0) is 8.69. The second-order valence-corrected chi connectivity index (χ2v) is 3.79. The molecular weight excluding hydrogens is 134 g/mol. The smallest absolute Gasteiger partial charge is 0.00103 e. The lowest BCUT2D eigenvalue weighted by Crippen LogP contribution is -2.24. The molecule has 0 aromatic rings. The summed E-state index contributed by atoms with van der Waals surface area (Å²) >= 11 is 0. The molecule has 1 nitrogen and oxygen atoms in total. The van der Waals surface area contributed by atoms with E-state index in [1.807, 2.05) is 0 Å². The molecule has 0 aromatic carbocycles. The summed E-state index contributed by atoms with van der Waals surface area (Å²) in [6, 6.07) is 0.642. The molecule has 0 saturated heterocycles. The van der Waals surface area contributed by atoms with Crippen molar-refractivity contribution in [3.8, 4) is 0 Å². The van der Waals surface area contributed by atoms with Gasteiger partial charge in [0.05, 0.1) is 0 Å². The molecule has 0 saturated carbocycles. The van der Waals surface area contributed by atoms with Crippen LogP contribution in [-0.4, -0.2) is 12.6 Å². The third-order valence-electron chi connectivity index (χ3n) is 1.97. The van der Waals surface area contributed by atoms with Gasteiger partial charge in [-0.1, -0.05) is 40.5 Å². The summed E-state index contributed by atoms with van der Waals surface area (Å²) < 4.78 is 0. The molecular formula is C10H23N. The molecule has 1 unspecified atom stereocenters. The van der Waals surface area contributed by atoms with Crippen molar-refractivity contribution < 1.29 is 0 Å². The molecule has 0 spiro atoms. The quantitative estimate of drug-likeness (QED) is 0.625. The molecule has 1 atom stereocenters. The maximum Gasteiger partial charge on any atom is 0.00103 e. The highest BCUT2D eigenvalue weighted by molar-refractivity contribution is 4.57. The van der Waals surface area contributed by atoms with E-state index in [1.165, 1.54) is 25.8 Å². The SMILES string of the molecule is CCCC(C)CCNC(C)C. The van der Waals surface area contributed by atoms with Gasteiger partial charge >= 0.3 is 0 Å². The zero-order valence-corrected chi connectivity index (χ0v) is 8.48. The Hall–Kier alpha value is -0.0400. The molecule has 0 aliphatic carbocycles. The van der Waals surface area contributed by atoms with Gasteiger partial charge in [-0.3, -0.25) is 0 Å². The molecule has 0 bridgehead atoms. The summed E-state index contributed by atoms with van der Waals surface area (Å²) in [5, 5.41) is 3.43. The first-order valence-electron chi connectivity index (χ1n) is 4.90. The number of hydrogen-bond acceptors (Lipinski definition) is 1. The van der Waals surface area contributed by atoms with Gasteiger partial charge in [0.25, 0.3) is 0 Å². The minimum atomic E-state index is 0.642. The van der Waals surface area contributed by atoms with Gasteiger partial charge in [0.1, 0.15) is 0 Å². The van der Waals surface area contributed by atoms with Crippen LogP contribution in [0.2, 0.25) is 0 Å². The van der Waals surface area contributed by atoms with E-state index in [0.29, 0.717) is 6.04 Å². The maximum atomic E-state index is 3.43. The van der Waals surface area contributed by atoms with Gasteiger partial charge in [-0.25, -0.2) is 0 Å². The van der Waals surface area contributed by atoms with Gasteiger partial charge in [-0.05, 0) is 18.9 Å². The van der Waals surface area contributed by atoms with Crippen LogP contribution in [0.25, 0.3) is 0 Å². The molecule has 68 valence electrons. The predicted octanol–water partition coefficient (Wildman–Crippen LogP) is 2.81. The first-order chi connectivity index (χ1) is 5.16. The monoisotopic (exact) mass is 157 g/mol. The van der Waals surface area contributed by atoms with Crippen molar-refractivity contribution in [2.24, 2.45) is 5.92 Å². The van der Waals surface area contributed by atoms with Crippen LogP contribution in [0.1, 0.15) is 47.0 Å². The van der Waals surface area contributed by atoms with Crippen LogP contribution in [0.4, 0.5) is 0 Å². The van der Waals surface area contributed by atoms with Crippen molar-refractivity contribution in [3.63, 3.8) is 0 Å². The van der Waals surface area contributed by atoms with Crippen LogP contribution < -0.4 is 5.32 Å². The largest absolute Gasteiger partial charge is 0.315 e. The van der Waals surface area contributed by atoms with E-state index in [4.69, 9.17) is 0 Å². The fraction of sp³-hybridized carbons (Fsp3) is 1.00. The van der Waals surface area contributed by atoms with Crippen LogP contribution >= 0.6 is 0 Å². The van der Waals surface area contributed by atoms with Crippen molar-refractivity contribution in [1.29, 1.82) is 0 Å². The number of rotatable bonds is 6. The first-order valence-corrected chi connectivity index (χ1v) is 4.90. The Bertz CT molecular complexity index is 78.9. The Morgan fingerprint density at radius 2 is 1.73 bits per heavy atom. The van der Waals surface area contributed by atoms with Gasteiger partial charge in [-0.15, -0.1) is 0 Å². The molecule has 0 rings (SSSR count). The molecule has 0 heterocycles. The van der Waals surface area contributed by atoms with E-state index >= 15 is 0 Å². The minimum absolute atomic E-state index is 0.642. The first kappa shape index (κ1) is 11.0. The second kappa shape index (κ2) is 6.66. The maximum absolute atomic E-state index is 3.43. The summed E-state index contributed by atoms with van der Waals surface area (Å²) in [5.74, 6) is 0.895. The standard InChI is InChI=1S/C10H23N/c1-5-6-10(4)7-8-11-9(2)3/h9-11H,5-8H2,1-4H3. The molecule has 0 aliphatic heterocycles. The molecule has 0 fully saturated rings. The van der Waals surface area contributed by atoms with Crippen LogP contribution in [-0.2, 0) is 0 Å². The Balaban J connectivity index is 3.10. The Labute approximate surface area is 71.6 Å². The topological polar surface area (TPSA) is 12.0 Å². The van der Waals surface area contributed by atoms with Gasteiger partial charge in [0, 0.05) is 6.04 Å². The summed E-state index contributed by atoms with van der Waals surface area (Å²) in [6.07, 6.45) is 4.02. The van der Waals surface area contributed by atoms with Crippen molar-refractivity contribution in [3.05, 3.63) is 0 Å². The molecule has 0 radical (unpaired) electrons. The fourth-order valence-corrected chi connectivity index (χ4v) is 1.26. The van der Waals surface area contributed by atoms with Crippen LogP contribution in [0, 0.1) is 5.92 Å². The van der Waals surface area contributed by atoms with E-state index in [2.05, 4.69) is 33.0 Å². The third-order valence-corrected chi connectivity index (χ3v) is 1.97. The Morgan fingerprint density at radius 3 is 2.18 bits per heavy atom. The summed E-state index contributed by atoms with van der Waals surface area (Å²) in [6.45, 7) is 10.2. The van der Waals surface area contributed by atoms with Crippen LogP contribution in [0.15, 0.2) is 0 Å².